The zero-order valence-corrected chi connectivity index (χ0v) is 12.2. The van der Waals surface area contributed by atoms with Gasteiger partial charge in [0.15, 0.2) is 0 Å². The maximum absolute atomic E-state index is 12.8. The Hall–Kier alpha value is -0.230. The second-order valence-corrected chi connectivity index (χ2v) is 7.89. The van der Waals surface area contributed by atoms with Crippen molar-refractivity contribution in [1.29, 1.82) is 0 Å². The van der Waals surface area contributed by atoms with Gasteiger partial charge in [-0.05, 0) is 17.3 Å². The third-order valence-electron chi connectivity index (χ3n) is 2.88. The van der Waals surface area contributed by atoms with Gasteiger partial charge in [0.1, 0.15) is 0 Å². The molecule has 1 N–H and O–H groups in total. The van der Waals surface area contributed by atoms with Crippen molar-refractivity contribution in [2.24, 2.45) is 17.3 Å². The lowest BCUT2D eigenvalue weighted by molar-refractivity contribution is 0.110. The highest BCUT2D eigenvalue weighted by Gasteiger charge is 2.40. The maximum atomic E-state index is 12.8. The topological polar surface area (TPSA) is 46.2 Å². The third kappa shape index (κ3) is 4.87. The minimum Gasteiger partial charge on any atom is -0.210 e. The largest absolute Gasteiger partial charge is 0.356 e. The lowest BCUT2D eigenvalue weighted by Gasteiger charge is -2.34. The molecule has 1 unspecified atom stereocenters. The molecular formula is C11H23F2NO2S. The Balaban J connectivity index is 4.76. The van der Waals surface area contributed by atoms with Crippen LogP contribution >= 0.6 is 0 Å². The van der Waals surface area contributed by atoms with Crippen LogP contribution in [0.2, 0.25) is 0 Å². The summed E-state index contributed by atoms with van der Waals surface area (Å²) in [6.45, 7) is 10.2. The normalized spacial score (nSPS) is 16.3. The summed E-state index contributed by atoms with van der Waals surface area (Å²) in [6.07, 6.45) is 0. The van der Waals surface area contributed by atoms with E-state index in [1.807, 2.05) is 39.3 Å². The molecule has 0 amide bonds. The van der Waals surface area contributed by atoms with Gasteiger partial charge in [-0.25, -0.2) is 13.1 Å². The molecule has 0 rings (SSSR count). The highest BCUT2D eigenvalue weighted by atomic mass is 32.2. The first-order chi connectivity index (χ1) is 7.29. The quantitative estimate of drug-likeness (QED) is 0.835. The number of hydrogen-bond donors (Lipinski definition) is 1. The highest BCUT2D eigenvalue weighted by molar-refractivity contribution is 7.90. The Morgan fingerprint density at radius 2 is 1.53 bits per heavy atom. The lowest BCUT2D eigenvalue weighted by Crippen LogP contribution is -2.43. The van der Waals surface area contributed by atoms with Crippen molar-refractivity contribution in [3.63, 3.8) is 0 Å². The Bertz CT molecular complexity index is 339. The SMILES string of the molecule is CC(C)C(CNS(=O)(=O)C(C)(F)F)C(C)(C)C. The molecule has 0 spiro atoms. The summed E-state index contributed by atoms with van der Waals surface area (Å²) in [5.41, 5.74) is -0.139. The standard InChI is InChI=1S/C11H23F2NO2S/c1-8(2)9(10(3,4)5)7-14-17(15,16)11(6,12)13/h8-9,14H,7H2,1-6H3. The van der Waals surface area contributed by atoms with E-state index in [-0.39, 0.29) is 23.8 Å². The van der Waals surface area contributed by atoms with Gasteiger partial charge in [0, 0.05) is 13.5 Å². The molecular weight excluding hydrogens is 248 g/mol. The van der Waals surface area contributed by atoms with Crippen molar-refractivity contribution in [1.82, 2.24) is 4.72 Å². The van der Waals surface area contributed by atoms with Crippen molar-refractivity contribution in [3.05, 3.63) is 0 Å². The molecule has 0 bridgehead atoms. The Morgan fingerprint density at radius 1 is 1.12 bits per heavy atom. The minimum absolute atomic E-state index is 0.000347. The van der Waals surface area contributed by atoms with Crippen LogP contribution < -0.4 is 4.72 Å². The van der Waals surface area contributed by atoms with Crippen LogP contribution in [0.15, 0.2) is 0 Å². The molecule has 6 heteroatoms. The first-order valence-electron chi connectivity index (χ1n) is 5.66. The van der Waals surface area contributed by atoms with Crippen molar-refractivity contribution in [3.8, 4) is 0 Å². The Morgan fingerprint density at radius 3 is 1.76 bits per heavy atom. The molecule has 0 aliphatic rings. The van der Waals surface area contributed by atoms with E-state index in [2.05, 4.69) is 0 Å². The lowest BCUT2D eigenvalue weighted by atomic mass is 9.74. The second kappa shape index (κ2) is 5.18. The Labute approximate surface area is 103 Å². The number of hydrogen-bond acceptors (Lipinski definition) is 2. The molecule has 0 aliphatic heterocycles. The van der Waals surface area contributed by atoms with Crippen LogP contribution in [0.3, 0.4) is 0 Å². The molecule has 1 atom stereocenters. The van der Waals surface area contributed by atoms with E-state index in [1.165, 1.54) is 0 Å². The molecule has 3 nitrogen and oxygen atoms in total. The van der Waals surface area contributed by atoms with E-state index in [0.717, 1.165) is 0 Å². The summed E-state index contributed by atoms with van der Waals surface area (Å²) in [5, 5.41) is -3.74. The molecule has 0 heterocycles. The fraction of sp³-hybridized carbons (Fsp3) is 1.00. The zero-order valence-electron chi connectivity index (χ0n) is 11.3. The third-order valence-corrected chi connectivity index (χ3v) is 4.37. The molecule has 0 aliphatic carbocycles. The van der Waals surface area contributed by atoms with Gasteiger partial charge >= 0.3 is 5.25 Å². The fourth-order valence-corrected chi connectivity index (χ4v) is 2.52. The smallest absolute Gasteiger partial charge is 0.210 e. The molecule has 0 aromatic rings. The van der Waals surface area contributed by atoms with Gasteiger partial charge in [-0.15, -0.1) is 0 Å². The Kier molecular flexibility index (Phi) is 5.11. The van der Waals surface area contributed by atoms with E-state index in [0.29, 0.717) is 6.92 Å². The molecule has 17 heavy (non-hydrogen) atoms. The highest BCUT2D eigenvalue weighted by Crippen LogP contribution is 2.32. The van der Waals surface area contributed by atoms with Crippen molar-refractivity contribution in [2.75, 3.05) is 6.54 Å². The minimum atomic E-state index is -4.57. The van der Waals surface area contributed by atoms with Gasteiger partial charge in [0.05, 0.1) is 0 Å². The van der Waals surface area contributed by atoms with E-state index in [1.54, 1.807) is 0 Å². The first-order valence-corrected chi connectivity index (χ1v) is 7.14. The number of nitrogens with one attached hydrogen (secondary N) is 1. The van der Waals surface area contributed by atoms with Crippen molar-refractivity contribution in [2.45, 2.75) is 46.8 Å². The van der Waals surface area contributed by atoms with Crippen molar-refractivity contribution < 1.29 is 17.2 Å². The van der Waals surface area contributed by atoms with Crippen LogP contribution in [-0.4, -0.2) is 20.2 Å². The van der Waals surface area contributed by atoms with Gasteiger partial charge in [-0.2, -0.15) is 8.78 Å². The average Bonchev–Trinajstić information content (AvgIpc) is 1.97. The predicted octanol–water partition coefficient (Wildman–Crippen LogP) is 2.84. The molecule has 0 aromatic heterocycles. The molecule has 0 fully saturated rings. The zero-order chi connectivity index (χ0) is 14.1. The van der Waals surface area contributed by atoms with Crippen molar-refractivity contribution >= 4 is 10.0 Å². The molecule has 0 saturated heterocycles. The number of sulfonamides is 1. The summed E-state index contributed by atoms with van der Waals surface area (Å²) < 4.78 is 50.1. The number of halogens is 2. The fourth-order valence-electron chi connectivity index (χ4n) is 1.87. The monoisotopic (exact) mass is 271 g/mol. The van der Waals surface area contributed by atoms with E-state index < -0.39 is 15.3 Å². The van der Waals surface area contributed by atoms with E-state index >= 15 is 0 Å². The van der Waals surface area contributed by atoms with E-state index in [4.69, 9.17) is 0 Å². The second-order valence-electron chi connectivity index (χ2n) is 5.88. The molecule has 0 aromatic carbocycles. The first kappa shape index (κ1) is 16.8. The van der Waals surface area contributed by atoms with Crippen LogP contribution in [0.1, 0.15) is 41.5 Å². The summed E-state index contributed by atoms with van der Waals surface area (Å²) in [5.74, 6) is 0.211. The summed E-state index contributed by atoms with van der Waals surface area (Å²) in [7, 11) is -4.57. The number of alkyl halides is 2. The average molecular weight is 271 g/mol. The van der Waals surface area contributed by atoms with Crippen LogP contribution in [0, 0.1) is 17.3 Å². The molecule has 104 valence electrons. The van der Waals surface area contributed by atoms with Gasteiger partial charge in [0.2, 0.25) is 0 Å². The molecule has 0 saturated carbocycles. The summed E-state index contributed by atoms with van der Waals surface area (Å²) >= 11 is 0. The maximum Gasteiger partial charge on any atom is 0.356 e. The van der Waals surface area contributed by atoms with Gasteiger partial charge in [-0.3, -0.25) is 0 Å². The van der Waals surface area contributed by atoms with Gasteiger partial charge < -0.3 is 0 Å². The van der Waals surface area contributed by atoms with Gasteiger partial charge in [-0.1, -0.05) is 34.6 Å². The van der Waals surface area contributed by atoms with Crippen LogP contribution in [0.25, 0.3) is 0 Å². The molecule has 0 radical (unpaired) electrons. The van der Waals surface area contributed by atoms with Crippen LogP contribution in [0.4, 0.5) is 8.78 Å². The summed E-state index contributed by atoms with van der Waals surface area (Å²) in [4.78, 5) is 0. The van der Waals surface area contributed by atoms with Crippen LogP contribution in [-0.2, 0) is 10.0 Å². The summed E-state index contributed by atoms with van der Waals surface area (Å²) in [6, 6.07) is 0. The van der Waals surface area contributed by atoms with E-state index in [9.17, 15) is 17.2 Å². The predicted molar refractivity (Wildman–Crippen MR) is 65.3 cm³/mol. The van der Waals surface area contributed by atoms with Gasteiger partial charge in [0.25, 0.3) is 10.0 Å². The van der Waals surface area contributed by atoms with Crippen LogP contribution in [0.5, 0.6) is 0 Å². The number of rotatable bonds is 5.